The van der Waals surface area contributed by atoms with Crippen LogP contribution in [0.25, 0.3) is 82.5 Å². The Balaban J connectivity index is 1.38. The Hall–Kier alpha value is -8.94. The molecule has 0 unspecified atom stereocenters. The Bertz CT molecular complexity index is 3360. The molecule has 7 aromatic carbocycles. The first kappa shape index (κ1) is 32.7. The Morgan fingerprint density at radius 1 is 0.333 bits per heavy atom. The fourth-order valence-electron chi connectivity index (χ4n) is 8.33. The van der Waals surface area contributed by atoms with E-state index < -0.39 is 0 Å². The van der Waals surface area contributed by atoms with Gasteiger partial charge < -0.3 is 19.1 Å². The van der Waals surface area contributed by atoms with Gasteiger partial charge in [0.25, 0.3) is 0 Å². The van der Waals surface area contributed by atoms with E-state index in [4.69, 9.17) is 5.41 Å². The van der Waals surface area contributed by atoms with Crippen LogP contribution in [0.1, 0.15) is 33.4 Å². The summed E-state index contributed by atoms with van der Waals surface area (Å²) in [7, 11) is 0. The number of fused-ring (bicyclic) bond motifs is 9. The van der Waals surface area contributed by atoms with E-state index in [1.165, 1.54) is 6.21 Å². The number of rotatable bonds is 4. The molecule has 3 aromatic heterocycles. The highest BCUT2D eigenvalue weighted by molar-refractivity contribution is 6.13. The Labute approximate surface area is 324 Å². The largest absolute Gasteiger partial charge is 0.309 e. The molecule has 0 aliphatic rings. The number of hydrogen-bond donors (Lipinski definition) is 1. The van der Waals surface area contributed by atoms with Gasteiger partial charge in [0.05, 0.1) is 108 Å². The van der Waals surface area contributed by atoms with E-state index in [1.54, 1.807) is 30.3 Å². The second kappa shape index (κ2) is 12.3. The molecule has 0 radical (unpaired) electrons. The molecule has 0 aliphatic heterocycles. The molecule has 0 spiro atoms. The zero-order valence-electron chi connectivity index (χ0n) is 29.8. The second-order valence-corrected chi connectivity index (χ2v) is 13.9. The highest BCUT2D eigenvalue weighted by atomic mass is 15.0. The molecule has 260 valence electrons. The third-order valence-electron chi connectivity index (χ3n) is 10.8. The zero-order chi connectivity index (χ0) is 38.9. The average Bonchev–Trinajstić information content (AvgIpc) is 3.89. The molecule has 3 heterocycles. The summed E-state index contributed by atoms with van der Waals surface area (Å²) in [5, 5.41) is 62.5. The van der Waals surface area contributed by atoms with Crippen LogP contribution < -0.4 is 0 Å². The van der Waals surface area contributed by atoms with E-state index in [2.05, 4.69) is 62.2 Å². The van der Waals surface area contributed by atoms with Crippen molar-refractivity contribution < 1.29 is 0 Å². The molecule has 0 aliphatic carbocycles. The van der Waals surface area contributed by atoms with Crippen LogP contribution in [0.4, 0.5) is 0 Å². The first-order valence-electron chi connectivity index (χ1n) is 17.9. The summed E-state index contributed by atoms with van der Waals surface area (Å²) in [5.41, 5.74) is 10.8. The number of aromatic nitrogens is 3. The quantitative estimate of drug-likeness (QED) is 0.179. The number of nitrogens with one attached hydrogen (secondary N) is 1. The Morgan fingerprint density at radius 2 is 0.579 bits per heavy atom. The molecular weight excluding hydrogens is 703 g/mol. The van der Waals surface area contributed by atoms with Gasteiger partial charge in [-0.05, 0) is 127 Å². The summed E-state index contributed by atoms with van der Waals surface area (Å²) < 4.78 is 6.45. The van der Waals surface area contributed by atoms with Crippen molar-refractivity contribution in [2.75, 3.05) is 0 Å². The van der Waals surface area contributed by atoms with Crippen molar-refractivity contribution in [1.29, 1.82) is 31.7 Å². The minimum Gasteiger partial charge on any atom is -0.309 e. The maximum Gasteiger partial charge on any atom is 0.0991 e. The molecule has 0 atom stereocenters. The van der Waals surface area contributed by atoms with Gasteiger partial charge in [0.2, 0.25) is 0 Å². The second-order valence-electron chi connectivity index (χ2n) is 13.9. The van der Waals surface area contributed by atoms with Crippen LogP contribution in [0, 0.1) is 62.1 Å². The molecular formula is C48H23N9. The van der Waals surface area contributed by atoms with Gasteiger partial charge in [-0.15, -0.1) is 0 Å². The molecule has 0 amide bonds. The first-order valence-corrected chi connectivity index (χ1v) is 17.9. The highest BCUT2D eigenvalue weighted by Gasteiger charge is 2.21. The summed E-state index contributed by atoms with van der Waals surface area (Å²) in [6.07, 6.45) is 1.31. The van der Waals surface area contributed by atoms with E-state index in [1.807, 2.05) is 78.9 Å². The van der Waals surface area contributed by atoms with Crippen molar-refractivity contribution in [1.82, 2.24) is 13.7 Å². The molecule has 10 rings (SSSR count). The van der Waals surface area contributed by atoms with Gasteiger partial charge in [0.15, 0.2) is 0 Å². The lowest BCUT2D eigenvalue weighted by molar-refractivity contribution is 1.10. The molecule has 0 saturated heterocycles. The third kappa shape index (κ3) is 4.80. The van der Waals surface area contributed by atoms with Crippen LogP contribution in [0.3, 0.4) is 0 Å². The number of hydrogen-bond acceptors (Lipinski definition) is 6. The van der Waals surface area contributed by atoms with Crippen molar-refractivity contribution in [3.8, 4) is 47.4 Å². The molecule has 0 fully saturated rings. The molecule has 0 bridgehead atoms. The fraction of sp³-hybridized carbons (Fsp3) is 0. The fourth-order valence-corrected chi connectivity index (χ4v) is 8.33. The van der Waals surface area contributed by atoms with Gasteiger partial charge in [0.1, 0.15) is 0 Å². The van der Waals surface area contributed by atoms with E-state index in [-0.39, 0.29) is 0 Å². The summed E-state index contributed by atoms with van der Waals surface area (Å²) in [6, 6.07) is 51.5. The summed E-state index contributed by atoms with van der Waals surface area (Å²) >= 11 is 0. The number of nitrogens with zero attached hydrogens (tertiary/aromatic N) is 8. The van der Waals surface area contributed by atoms with Crippen LogP contribution in [0.2, 0.25) is 0 Å². The maximum absolute atomic E-state index is 9.89. The molecule has 10 aromatic rings. The van der Waals surface area contributed by atoms with Gasteiger partial charge in [-0.25, -0.2) is 0 Å². The van der Waals surface area contributed by atoms with Crippen LogP contribution >= 0.6 is 0 Å². The Morgan fingerprint density at radius 3 is 0.825 bits per heavy atom. The Kier molecular flexibility index (Phi) is 7.06. The lowest BCUT2D eigenvalue weighted by Crippen LogP contribution is -2.03. The van der Waals surface area contributed by atoms with Crippen LogP contribution in [-0.2, 0) is 0 Å². The van der Waals surface area contributed by atoms with E-state index in [0.29, 0.717) is 27.8 Å². The smallest absolute Gasteiger partial charge is 0.0991 e. The predicted molar refractivity (Wildman–Crippen MR) is 221 cm³/mol. The third-order valence-corrected chi connectivity index (χ3v) is 10.8. The molecule has 9 heteroatoms. The average molecular weight is 726 g/mol. The van der Waals surface area contributed by atoms with E-state index in [9.17, 15) is 26.3 Å². The monoisotopic (exact) mass is 725 g/mol. The van der Waals surface area contributed by atoms with Gasteiger partial charge in [0, 0.05) is 38.5 Å². The van der Waals surface area contributed by atoms with Crippen LogP contribution in [0.5, 0.6) is 0 Å². The van der Waals surface area contributed by atoms with E-state index in [0.717, 1.165) is 88.0 Å². The molecule has 57 heavy (non-hydrogen) atoms. The lowest BCUT2D eigenvalue weighted by Gasteiger charge is -2.17. The molecule has 9 nitrogen and oxygen atoms in total. The van der Waals surface area contributed by atoms with Crippen LogP contribution in [-0.4, -0.2) is 19.9 Å². The van der Waals surface area contributed by atoms with Gasteiger partial charge >= 0.3 is 0 Å². The van der Waals surface area contributed by atoms with Crippen molar-refractivity contribution in [2.45, 2.75) is 0 Å². The molecule has 0 saturated carbocycles. The van der Waals surface area contributed by atoms with Gasteiger partial charge in [-0.1, -0.05) is 6.07 Å². The SMILES string of the molecule is N#Cc1ccc2c(c1)c1cc(C#N)ccc1n2-c1cc(-n2c3ccc(C#N)cc3c3cc(C#N)ccc32)cc(-n2c3ccc(C#N)cc3c3cc(C=N)ccc32)c1. The lowest BCUT2D eigenvalue weighted by atomic mass is 10.1. The van der Waals surface area contributed by atoms with Crippen molar-refractivity contribution in [2.24, 2.45) is 0 Å². The maximum atomic E-state index is 9.89. The topological polar surface area (TPSA) is 158 Å². The summed E-state index contributed by atoms with van der Waals surface area (Å²) in [5.74, 6) is 0. The summed E-state index contributed by atoms with van der Waals surface area (Å²) in [4.78, 5) is 0. The minimum absolute atomic E-state index is 0.503. The van der Waals surface area contributed by atoms with E-state index >= 15 is 0 Å². The minimum atomic E-state index is 0.503. The standard InChI is InChI=1S/C48H23N9/c49-22-28-1-7-43-37(13-28)38-14-29(23-50)2-8-44(38)55(43)34-19-35(56-45-9-3-30(24-51)15-39(45)40-16-31(25-52)4-10-46(40)56)21-36(20-34)57-47-11-5-32(26-53)17-41(47)42-18-33(27-54)6-12-48(42)57/h1-22,49H. The normalized spacial score (nSPS) is 11.1. The number of nitriles is 5. The first-order chi connectivity index (χ1) is 27.9. The van der Waals surface area contributed by atoms with Crippen LogP contribution in [0.15, 0.2) is 127 Å². The van der Waals surface area contributed by atoms with Gasteiger partial charge in [-0.3, -0.25) is 0 Å². The van der Waals surface area contributed by atoms with Crippen molar-refractivity contribution >= 4 is 71.6 Å². The number of benzene rings is 7. The molecule has 1 N–H and O–H groups in total. The van der Waals surface area contributed by atoms with Gasteiger partial charge in [-0.2, -0.15) is 26.3 Å². The zero-order valence-corrected chi connectivity index (χ0v) is 29.8. The highest BCUT2D eigenvalue weighted by Crippen LogP contribution is 2.40. The van der Waals surface area contributed by atoms with Crippen molar-refractivity contribution in [3.05, 3.63) is 161 Å². The summed E-state index contributed by atoms with van der Waals surface area (Å²) in [6.45, 7) is 0. The predicted octanol–water partition coefficient (Wildman–Crippen LogP) is 10.3. The van der Waals surface area contributed by atoms with Crippen molar-refractivity contribution in [3.63, 3.8) is 0 Å².